The first-order valence-corrected chi connectivity index (χ1v) is 8.55. The van der Waals surface area contributed by atoms with Gasteiger partial charge in [0.25, 0.3) is 0 Å². The third-order valence-electron chi connectivity index (χ3n) is 4.34. The van der Waals surface area contributed by atoms with Crippen LogP contribution in [-0.4, -0.2) is 15.8 Å². The predicted octanol–water partition coefficient (Wildman–Crippen LogP) is 4.58. The standard InChI is InChI=1S/C21H19N3O2/c1-13(2)14-5-7-16(8-6-14)24-20-11-18(25)19(26-20)10-15-12-23-21-17(15)4-3-9-22-21/h3-13,24H,1-2H3,(H,22,23)/b19-10+. The van der Waals surface area contributed by atoms with E-state index in [1.165, 1.54) is 11.6 Å². The summed E-state index contributed by atoms with van der Waals surface area (Å²) in [6, 6.07) is 11.9. The molecule has 0 unspecified atom stereocenters. The molecular formula is C21H19N3O2. The summed E-state index contributed by atoms with van der Waals surface area (Å²) < 4.78 is 5.70. The lowest BCUT2D eigenvalue weighted by Crippen LogP contribution is -1.99. The second-order valence-electron chi connectivity index (χ2n) is 6.53. The summed E-state index contributed by atoms with van der Waals surface area (Å²) in [4.78, 5) is 19.6. The fraction of sp³-hybridized carbons (Fsp3) is 0.143. The number of carbonyl (C=O) groups excluding carboxylic acids is 1. The third-order valence-corrected chi connectivity index (χ3v) is 4.34. The Morgan fingerprint density at radius 1 is 1.19 bits per heavy atom. The molecule has 130 valence electrons. The Balaban J connectivity index is 1.51. The number of allylic oxidation sites excluding steroid dienone is 1. The van der Waals surface area contributed by atoms with E-state index in [4.69, 9.17) is 4.74 Å². The van der Waals surface area contributed by atoms with Gasteiger partial charge in [0.1, 0.15) is 5.65 Å². The molecule has 4 rings (SSSR count). The molecular weight excluding hydrogens is 326 g/mol. The number of H-pyrrole nitrogens is 1. The van der Waals surface area contributed by atoms with Crippen LogP contribution in [0.2, 0.25) is 0 Å². The maximum Gasteiger partial charge on any atom is 0.226 e. The summed E-state index contributed by atoms with van der Waals surface area (Å²) in [6.45, 7) is 4.31. The molecule has 0 saturated carbocycles. The number of pyridine rings is 1. The molecule has 0 spiro atoms. The van der Waals surface area contributed by atoms with E-state index in [1.807, 2.05) is 30.5 Å². The van der Waals surface area contributed by atoms with Gasteiger partial charge in [-0.1, -0.05) is 26.0 Å². The zero-order valence-corrected chi connectivity index (χ0v) is 14.6. The van der Waals surface area contributed by atoms with Gasteiger partial charge in [-0.25, -0.2) is 4.98 Å². The fourth-order valence-electron chi connectivity index (χ4n) is 2.88. The number of nitrogens with one attached hydrogen (secondary N) is 2. The molecule has 0 atom stereocenters. The first-order valence-electron chi connectivity index (χ1n) is 8.55. The molecule has 1 aliphatic rings. The Labute approximate surface area is 151 Å². The highest BCUT2D eigenvalue weighted by Gasteiger charge is 2.21. The molecule has 0 bridgehead atoms. The maximum absolute atomic E-state index is 12.2. The monoisotopic (exact) mass is 345 g/mol. The van der Waals surface area contributed by atoms with Crippen molar-refractivity contribution in [1.29, 1.82) is 0 Å². The number of fused-ring (bicyclic) bond motifs is 1. The van der Waals surface area contributed by atoms with E-state index < -0.39 is 0 Å². The van der Waals surface area contributed by atoms with Gasteiger partial charge in [-0.2, -0.15) is 0 Å². The van der Waals surface area contributed by atoms with Crippen LogP contribution < -0.4 is 5.32 Å². The van der Waals surface area contributed by atoms with E-state index in [0.717, 1.165) is 22.3 Å². The van der Waals surface area contributed by atoms with Crippen LogP contribution in [0.3, 0.4) is 0 Å². The number of nitrogens with zero attached hydrogens (tertiary/aromatic N) is 1. The van der Waals surface area contributed by atoms with Crippen molar-refractivity contribution in [2.75, 3.05) is 5.32 Å². The Bertz CT molecular complexity index is 1030. The number of benzene rings is 1. The zero-order valence-electron chi connectivity index (χ0n) is 14.6. The largest absolute Gasteiger partial charge is 0.437 e. The molecule has 3 heterocycles. The van der Waals surface area contributed by atoms with E-state index in [2.05, 4.69) is 41.3 Å². The van der Waals surface area contributed by atoms with Crippen LogP contribution in [0.1, 0.15) is 30.9 Å². The summed E-state index contributed by atoms with van der Waals surface area (Å²) in [5, 5.41) is 4.09. The van der Waals surface area contributed by atoms with Crippen LogP contribution in [0.25, 0.3) is 17.1 Å². The smallest absolute Gasteiger partial charge is 0.226 e. The quantitative estimate of drug-likeness (QED) is 0.679. The molecule has 0 radical (unpaired) electrons. The Kier molecular flexibility index (Phi) is 4.05. The van der Waals surface area contributed by atoms with Gasteiger partial charge in [-0.15, -0.1) is 0 Å². The Hall–Kier alpha value is -3.34. The highest BCUT2D eigenvalue weighted by molar-refractivity contribution is 6.09. The van der Waals surface area contributed by atoms with Crippen molar-refractivity contribution in [3.63, 3.8) is 0 Å². The van der Waals surface area contributed by atoms with Crippen molar-refractivity contribution in [3.8, 4) is 0 Å². The number of hydrogen-bond acceptors (Lipinski definition) is 4. The topological polar surface area (TPSA) is 67.0 Å². The van der Waals surface area contributed by atoms with Crippen LogP contribution >= 0.6 is 0 Å². The first kappa shape index (κ1) is 16.1. The molecule has 0 saturated heterocycles. The SMILES string of the molecule is CC(C)c1ccc(NC2=CC(=O)/C(=C\c3c[nH]c4ncccc34)O2)cc1. The second-order valence-corrected chi connectivity index (χ2v) is 6.53. The van der Waals surface area contributed by atoms with Gasteiger partial charge < -0.3 is 15.0 Å². The van der Waals surface area contributed by atoms with Crippen molar-refractivity contribution < 1.29 is 9.53 Å². The fourth-order valence-corrected chi connectivity index (χ4v) is 2.88. The van der Waals surface area contributed by atoms with Crippen LogP contribution in [0.5, 0.6) is 0 Å². The minimum Gasteiger partial charge on any atom is -0.437 e. The molecule has 3 aromatic rings. The van der Waals surface area contributed by atoms with E-state index in [-0.39, 0.29) is 11.5 Å². The molecule has 0 fully saturated rings. The van der Waals surface area contributed by atoms with Crippen molar-refractivity contribution in [1.82, 2.24) is 9.97 Å². The molecule has 0 amide bonds. The van der Waals surface area contributed by atoms with Crippen LogP contribution in [-0.2, 0) is 9.53 Å². The van der Waals surface area contributed by atoms with Crippen LogP contribution in [0.4, 0.5) is 5.69 Å². The van der Waals surface area contributed by atoms with Crippen LogP contribution in [0.15, 0.2) is 66.5 Å². The number of ether oxygens (including phenoxy) is 1. The Morgan fingerprint density at radius 2 is 2.00 bits per heavy atom. The number of ketones is 1. The number of rotatable bonds is 4. The lowest BCUT2D eigenvalue weighted by Gasteiger charge is -2.10. The normalized spacial score (nSPS) is 15.6. The summed E-state index contributed by atoms with van der Waals surface area (Å²) in [5.41, 5.74) is 3.79. The number of hydrogen-bond donors (Lipinski definition) is 2. The van der Waals surface area contributed by atoms with Gasteiger partial charge in [0.2, 0.25) is 11.7 Å². The molecule has 2 N–H and O–H groups in total. The van der Waals surface area contributed by atoms with Gasteiger partial charge in [0, 0.05) is 29.0 Å². The van der Waals surface area contributed by atoms with Crippen molar-refractivity contribution >= 4 is 28.6 Å². The average Bonchev–Trinajstić information content (AvgIpc) is 3.20. The lowest BCUT2D eigenvalue weighted by atomic mass is 10.0. The van der Waals surface area contributed by atoms with E-state index in [0.29, 0.717) is 11.8 Å². The third kappa shape index (κ3) is 3.11. The highest BCUT2D eigenvalue weighted by Crippen LogP contribution is 2.25. The van der Waals surface area contributed by atoms with Crippen LogP contribution in [0, 0.1) is 0 Å². The predicted molar refractivity (Wildman–Crippen MR) is 102 cm³/mol. The number of carbonyl (C=O) groups is 1. The van der Waals surface area contributed by atoms with E-state index >= 15 is 0 Å². The van der Waals surface area contributed by atoms with Gasteiger partial charge in [-0.3, -0.25) is 4.79 Å². The lowest BCUT2D eigenvalue weighted by molar-refractivity contribution is -0.112. The molecule has 5 nitrogen and oxygen atoms in total. The number of aromatic amines is 1. The summed E-state index contributed by atoms with van der Waals surface area (Å²) in [7, 11) is 0. The minimum atomic E-state index is -0.162. The van der Waals surface area contributed by atoms with Crippen molar-refractivity contribution in [2.45, 2.75) is 19.8 Å². The van der Waals surface area contributed by atoms with Gasteiger partial charge in [-0.05, 0) is 41.8 Å². The molecule has 26 heavy (non-hydrogen) atoms. The zero-order chi connectivity index (χ0) is 18.1. The van der Waals surface area contributed by atoms with Gasteiger partial charge in [0.05, 0.1) is 6.08 Å². The van der Waals surface area contributed by atoms with Crippen molar-refractivity contribution in [2.24, 2.45) is 0 Å². The minimum absolute atomic E-state index is 0.162. The second kappa shape index (κ2) is 6.52. The molecule has 2 aromatic heterocycles. The van der Waals surface area contributed by atoms with Gasteiger partial charge >= 0.3 is 0 Å². The molecule has 1 aromatic carbocycles. The molecule has 0 aliphatic carbocycles. The molecule has 1 aliphatic heterocycles. The Morgan fingerprint density at radius 3 is 2.77 bits per heavy atom. The number of anilines is 1. The average molecular weight is 345 g/mol. The van der Waals surface area contributed by atoms with Gasteiger partial charge in [0.15, 0.2) is 5.76 Å². The first-order chi connectivity index (χ1) is 12.6. The molecule has 5 heteroatoms. The maximum atomic E-state index is 12.2. The highest BCUT2D eigenvalue weighted by atomic mass is 16.5. The van der Waals surface area contributed by atoms with E-state index in [1.54, 1.807) is 12.3 Å². The van der Waals surface area contributed by atoms with Crippen molar-refractivity contribution in [3.05, 3.63) is 77.6 Å². The van der Waals surface area contributed by atoms with E-state index in [9.17, 15) is 4.79 Å². The number of aromatic nitrogens is 2. The summed E-state index contributed by atoms with van der Waals surface area (Å²) in [6.07, 6.45) is 6.74. The summed E-state index contributed by atoms with van der Waals surface area (Å²) >= 11 is 0. The summed E-state index contributed by atoms with van der Waals surface area (Å²) in [5.74, 6) is 1.03.